The van der Waals surface area contributed by atoms with Gasteiger partial charge in [0.2, 0.25) is 0 Å². The molecule has 0 amide bonds. The summed E-state index contributed by atoms with van der Waals surface area (Å²) in [5, 5.41) is 5.90. The molecule has 4 aromatic heterocycles. The van der Waals surface area contributed by atoms with Crippen molar-refractivity contribution in [1.82, 2.24) is 0 Å². The fourth-order valence-corrected chi connectivity index (χ4v) is 17.2. The first-order valence-electron chi connectivity index (χ1n) is 34.1. The summed E-state index contributed by atoms with van der Waals surface area (Å²) in [5.74, 6) is 1.67. The molecule has 0 saturated carbocycles. The Morgan fingerprint density at radius 3 is 1.21 bits per heavy atom. The normalized spacial score (nSPS) is 13.8. The molecule has 0 radical (unpaired) electrons. The third-order valence-corrected chi connectivity index (χ3v) is 22.4. The van der Waals surface area contributed by atoms with Crippen molar-refractivity contribution in [3.05, 3.63) is 90.6 Å². The molecule has 0 saturated heterocycles. The van der Waals surface area contributed by atoms with Crippen LogP contribution in [-0.2, 0) is 22.4 Å². The van der Waals surface area contributed by atoms with Crippen LogP contribution in [0.2, 0.25) is 0 Å². The number of thiophene rings is 4. The van der Waals surface area contributed by atoms with Crippen molar-refractivity contribution in [1.29, 1.82) is 0 Å². The molecule has 7 rings (SSSR count). The molecule has 4 nitrogen and oxygen atoms in total. The lowest BCUT2D eigenvalue weighted by atomic mass is 9.88. The van der Waals surface area contributed by atoms with E-state index in [1.54, 1.807) is 34.0 Å². The maximum atomic E-state index is 14.3. The first-order chi connectivity index (χ1) is 40.4. The predicted octanol–water partition coefficient (Wildman–Crippen LogP) is 23.5. The van der Waals surface area contributed by atoms with Gasteiger partial charge in [-0.3, -0.25) is 0 Å². The van der Waals surface area contributed by atoms with Crippen LogP contribution in [0.4, 0.5) is 0 Å². The number of carbonyl (C=O) groups is 2. The summed E-state index contributed by atoms with van der Waals surface area (Å²) in [6.07, 6.45) is 55.9. The summed E-state index contributed by atoms with van der Waals surface area (Å²) in [4.78, 5) is 35.3. The SMILES string of the molecule is CCCCCCCCCCCCC(CCCCCCCCCC)Cc1csc(C2=c3cc4c(cc3OC2=O)=C(c2cc(CC(CCCCCCCCCC)CCCCCCCCCCCC)c(-c3ccc(-c5cccs5)s3)s2)C(=O)O4)c1. The Kier molecular flexibility index (Phi) is 31.2. The lowest BCUT2D eigenvalue weighted by molar-refractivity contribution is -0.128. The van der Waals surface area contributed by atoms with Gasteiger partial charge in [-0.2, -0.15) is 0 Å². The standard InChI is InChI=1S/C74H108O4S4/c1-5-9-13-17-21-25-27-31-34-38-43-57(42-37-33-29-23-19-15-11-7-3)50-59-52-68(80-56-59)70-61-54-64-62(55-63(61)77-73(70)75)71(74(76)78-64)69-53-60(72(82-69)67-48-47-66(81-67)65-46-41-49-79-65)51-58(44-39-35-30-24-20-16-12-8-4)45-40-36-32-28-26-22-18-14-10-6-2/h41,46-49,52-58H,5-40,42-45,50-51H2,1-4H3. The third-order valence-electron chi connectivity index (χ3n) is 17.9. The average molecular weight is 1190 g/mol. The molecular formula is C74H108O4S4. The largest absolute Gasteiger partial charge is 0.422 e. The Hall–Kier alpha value is -3.30. The van der Waals surface area contributed by atoms with Crippen LogP contribution in [0.3, 0.4) is 0 Å². The number of hydrogen-bond donors (Lipinski definition) is 0. The highest BCUT2D eigenvalue weighted by Gasteiger charge is 2.33. The van der Waals surface area contributed by atoms with Gasteiger partial charge < -0.3 is 9.47 Å². The van der Waals surface area contributed by atoms with Crippen LogP contribution in [-0.4, -0.2) is 11.9 Å². The van der Waals surface area contributed by atoms with Gasteiger partial charge in [-0.1, -0.05) is 291 Å². The van der Waals surface area contributed by atoms with Gasteiger partial charge in [0.1, 0.15) is 11.5 Å². The average Bonchev–Trinajstić information content (AvgIpc) is 3.21. The van der Waals surface area contributed by atoms with Crippen molar-refractivity contribution in [3.63, 3.8) is 0 Å². The van der Waals surface area contributed by atoms with Crippen LogP contribution in [0.1, 0.15) is 305 Å². The summed E-state index contributed by atoms with van der Waals surface area (Å²) >= 11 is 7.05. The van der Waals surface area contributed by atoms with E-state index in [1.165, 1.54) is 287 Å². The number of rotatable bonds is 48. The van der Waals surface area contributed by atoms with Crippen molar-refractivity contribution in [2.75, 3.05) is 0 Å². The molecule has 8 heteroatoms. The number of carbonyl (C=O) groups excluding carboxylic acids is 2. The molecule has 452 valence electrons. The van der Waals surface area contributed by atoms with Crippen LogP contribution in [0.15, 0.2) is 59.3 Å². The molecule has 82 heavy (non-hydrogen) atoms. The third kappa shape index (κ3) is 21.9. The Morgan fingerprint density at radius 2 is 0.780 bits per heavy atom. The number of ether oxygens (including phenoxy) is 2. The zero-order valence-electron chi connectivity index (χ0n) is 51.9. The van der Waals surface area contributed by atoms with Crippen LogP contribution in [0.5, 0.6) is 11.5 Å². The van der Waals surface area contributed by atoms with E-state index in [9.17, 15) is 9.59 Å². The van der Waals surface area contributed by atoms with Crippen molar-refractivity contribution in [3.8, 4) is 31.0 Å². The van der Waals surface area contributed by atoms with Crippen molar-refractivity contribution in [2.24, 2.45) is 11.8 Å². The highest BCUT2D eigenvalue weighted by Crippen LogP contribution is 2.45. The lowest BCUT2D eigenvalue weighted by Crippen LogP contribution is -2.10. The van der Waals surface area contributed by atoms with Gasteiger partial charge in [-0.05, 0) is 89.0 Å². The van der Waals surface area contributed by atoms with E-state index in [-0.39, 0.29) is 11.9 Å². The molecule has 6 heterocycles. The maximum absolute atomic E-state index is 14.3. The monoisotopic (exact) mass is 1190 g/mol. The Bertz CT molecular complexity index is 2700. The molecule has 1 aromatic carbocycles. The molecule has 2 aliphatic rings. The topological polar surface area (TPSA) is 52.6 Å². The maximum Gasteiger partial charge on any atom is 0.345 e. The fraction of sp³-hybridized carbons (Fsp3) is 0.649. The molecule has 0 N–H and O–H groups in total. The Labute approximate surface area is 514 Å². The van der Waals surface area contributed by atoms with Gasteiger partial charge in [0.15, 0.2) is 0 Å². The summed E-state index contributed by atoms with van der Waals surface area (Å²) in [7, 11) is 0. The number of esters is 2. The smallest absolute Gasteiger partial charge is 0.345 e. The second kappa shape index (κ2) is 38.7. The van der Waals surface area contributed by atoms with Gasteiger partial charge in [0, 0.05) is 39.7 Å². The number of fused-ring (bicyclic) bond motifs is 2. The van der Waals surface area contributed by atoms with E-state index in [1.807, 2.05) is 23.5 Å². The minimum atomic E-state index is -0.319. The molecule has 2 aliphatic heterocycles. The highest BCUT2D eigenvalue weighted by molar-refractivity contribution is 7.26. The summed E-state index contributed by atoms with van der Waals surface area (Å²) in [6, 6.07) is 17.4. The molecule has 5 aromatic rings. The second-order valence-corrected chi connectivity index (χ2v) is 28.9. The number of benzene rings is 1. The number of unbranched alkanes of at least 4 members (excludes halogenated alkanes) is 32. The zero-order chi connectivity index (χ0) is 57.4. The van der Waals surface area contributed by atoms with E-state index in [0.717, 1.165) is 33.0 Å². The van der Waals surface area contributed by atoms with E-state index in [4.69, 9.17) is 9.47 Å². The molecule has 0 fully saturated rings. The van der Waals surface area contributed by atoms with E-state index in [2.05, 4.69) is 74.9 Å². The predicted molar refractivity (Wildman–Crippen MR) is 359 cm³/mol. The van der Waals surface area contributed by atoms with Crippen LogP contribution >= 0.6 is 45.3 Å². The van der Waals surface area contributed by atoms with E-state index >= 15 is 0 Å². The minimum Gasteiger partial charge on any atom is -0.422 e. The summed E-state index contributed by atoms with van der Waals surface area (Å²) in [6.45, 7) is 9.20. The Morgan fingerprint density at radius 1 is 0.378 bits per heavy atom. The summed E-state index contributed by atoms with van der Waals surface area (Å²) < 4.78 is 12.4. The van der Waals surface area contributed by atoms with Gasteiger partial charge in [0.05, 0.1) is 11.1 Å². The number of hydrogen-bond acceptors (Lipinski definition) is 8. The molecule has 2 atom stereocenters. The highest BCUT2D eigenvalue weighted by atomic mass is 32.1. The van der Waals surface area contributed by atoms with Crippen LogP contribution in [0.25, 0.3) is 30.7 Å². The quantitative estimate of drug-likeness (QED) is 0.0221. The first kappa shape index (κ1) is 66.2. The van der Waals surface area contributed by atoms with Gasteiger partial charge >= 0.3 is 11.9 Å². The van der Waals surface area contributed by atoms with Gasteiger partial charge in [-0.15, -0.1) is 45.3 Å². The van der Waals surface area contributed by atoms with Crippen LogP contribution in [0, 0.1) is 11.8 Å². The molecule has 0 aliphatic carbocycles. The molecule has 0 bridgehead atoms. The second-order valence-electron chi connectivity index (χ2n) is 24.9. The van der Waals surface area contributed by atoms with Crippen LogP contribution < -0.4 is 19.9 Å². The minimum absolute atomic E-state index is 0.314. The molecular weight excluding hydrogens is 1080 g/mol. The van der Waals surface area contributed by atoms with Gasteiger partial charge in [-0.25, -0.2) is 9.59 Å². The fourth-order valence-electron chi connectivity index (χ4n) is 13.0. The summed E-state index contributed by atoms with van der Waals surface area (Å²) in [5.41, 5.74) is 3.87. The van der Waals surface area contributed by atoms with E-state index in [0.29, 0.717) is 34.5 Å². The van der Waals surface area contributed by atoms with Crippen molar-refractivity contribution >= 4 is 68.4 Å². The zero-order valence-corrected chi connectivity index (χ0v) is 55.2. The molecule has 0 spiro atoms. The molecule has 2 unspecified atom stereocenters. The first-order valence-corrected chi connectivity index (χ1v) is 37.5. The van der Waals surface area contributed by atoms with Crippen molar-refractivity contribution in [2.45, 2.75) is 297 Å². The Balaban J connectivity index is 1.09. The van der Waals surface area contributed by atoms with Gasteiger partial charge in [0.25, 0.3) is 0 Å². The van der Waals surface area contributed by atoms with Crippen molar-refractivity contribution < 1.29 is 19.1 Å². The lowest BCUT2D eigenvalue weighted by Gasteiger charge is -2.17. The van der Waals surface area contributed by atoms with E-state index < -0.39 is 0 Å².